The van der Waals surface area contributed by atoms with Gasteiger partial charge in [-0.25, -0.2) is 13.8 Å². The molecule has 7 nitrogen and oxygen atoms in total. The van der Waals surface area contributed by atoms with Crippen molar-refractivity contribution in [3.63, 3.8) is 0 Å². The average molecular weight is 582 g/mol. The Bertz CT molecular complexity index is 1700. The minimum absolute atomic E-state index is 0.0595. The zero-order valence-corrected chi connectivity index (χ0v) is 24.3. The van der Waals surface area contributed by atoms with E-state index in [1.165, 1.54) is 12.1 Å². The highest BCUT2D eigenvalue weighted by Crippen LogP contribution is 2.46. The fraction of sp³-hybridized carbons (Fsp3) is 0.412. The molecule has 9 heteroatoms. The Morgan fingerprint density at radius 3 is 2.58 bits per heavy atom. The number of ketones is 1. The number of rotatable bonds is 2. The zero-order chi connectivity index (χ0) is 30.0. The summed E-state index contributed by atoms with van der Waals surface area (Å²) < 4.78 is 28.9. The van der Waals surface area contributed by atoms with Gasteiger partial charge in [0.15, 0.2) is 5.78 Å². The third-order valence-corrected chi connectivity index (χ3v) is 10.3. The first kappa shape index (κ1) is 27.8. The molecule has 220 valence electrons. The number of nitrogens with one attached hydrogen (secondary N) is 1. The van der Waals surface area contributed by atoms with Crippen LogP contribution in [0.5, 0.6) is 0 Å². The molecule has 0 bridgehead atoms. The molecular formula is C34H33F2N5O2. The van der Waals surface area contributed by atoms with Crippen LogP contribution >= 0.6 is 0 Å². The first-order valence-electron chi connectivity index (χ1n) is 14.8. The maximum Gasteiger partial charge on any atom is 0.237 e. The third-order valence-electron chi connectivity index (χ3n) is 10.3. The van der Waals surface area contributed by atoms with Gasteiger partial charge in [-0.1, -0.05) is 30.7 Å². The lowest BCUT2D eigenvalue weighted by atomic mass is 9.80. The Hall–Kier alpha value is -4.00. The van der Waals surface area contributed by atoms with Crippen molar-refractivity contribution in [3.8, 4) is 11.8 Å². The van der Waals surface area contributed by atoms with Crippen molar-refractivity contribution in [2.24, 2.45) is 0 Å². The van der Waals surface area contributed by atoms with E-state index in [0.29, 0.717) is 36.3 Å². The Labute approximate surface area is 249 Å². The SMILES string of the molecule is CN1C[C@@](C)(c2cc(F)cc(F)c2)N(CC#Cc2cnc3c(c2)C[C@@]2(C3)C(=O)Nc3ncccc32)CC(=O)C12CCCC2. The van der Waals surface area contributed by atoms with Crippen molar-refractivity contribution in [2.45, 2.75) is 61.9 Å². The van der Waals surface area contributed by atoms with Crippen molar-refractivity contribution in [3.05, 3.63) is 88.4 Å². The van der Waals surface area contributed by atoms with E-state index in [-0.39, 0.29) is 24.8 Å². The molecule has 2 aliphatic heterocycles. The summed E-state index contributed by atoms with van der Waals surface area (Å²) in [6.45, 7) is 2.74. The molecule has 2 aliphatic carbocycles. The van der Waals surface area contributed by atoms with Crippen LogP contribution in [-0.4, -0.2) is 63.7 Å². The summed E-state index contributed by atoms with van der Waals surface area (Å²) in [6, 6.07) is 9.38. The molecule has 2 aromatic heterocycles. The molecule has 0 radical (unpaired) electrons. The topological polar surface area (TPSA) is 78.4 Å². The van der Waals surface area contributed by atoms with Crippen LogP contribution in [-0.2, 0) is 33.4 Å². The van der Waals surface area contributed by atoms with Crippen LogP contribution in [0.1, 0.15) is 60.6 Å². The molecule has 1 aromatic carbocycles. The second kappa shape index (κ2) is 10.0. The smallest absolute Gasteiger partial charge is 0.237 e. The molecule has 1 saturated heterocycles. The lowest BCUT2D eigenvalue weighted by Gasteiger charge is -2.42. The molecule has 1 saturated carbocycles. The molecule has 1 N–H and O–H groups in total. The number of nitrogens with zero attached hydrogens (tertiary/aromatic N) is 4. The van der Waals surface area contributed by atoms with E-state index in [9.17, 15) is 18.4 Å². The van der Waals surface area contributed by atoms with Crippen LogP contribution in [0.25, 0.3) is 0 Å². The van der Waals surface area contributed by atoms with Gasteiger partial charge in [-0.15, -0.1) is 0 Å². The van der Waals surface area contributed by atoms with Crippen LogP contribution in [0.3, 0.4) is 0 Å². The number of carbonyl (C=O) groups is 2. The Morgan fingerprint density at radius 2 is 1.81 bits per heavy atom. The van der Waals surface area contributed by atoms with Gasteiger partial charge in [0.25, 0.3) is 0 Å². The van der Waals surface area contributed by atoms with Crippen LogP contribution in [0.15, 0.2) is 48.8 Å². The summed E-state index contributed by atoms with van der Waals surface area (Å²) >= 11 is 0. The van der Waals surface area contributed by atoms with Gasteiger partial charge < -0.3 is 5.32 Å². The second-order valence-corrected chi connectivity index (χ2v) is 12.7. The van der Waals surface area contributed by atoms with Gasteiger partial charge in [0.2, 0.25) is 5.91 Å². The van der Waals surface area contributed by atoms with E-state index >= 15 is 0 Å². The monoisotopic (exact) mass is 581 g/mol. The predicted octanol–water partition coefficient (Wildman–Crippen LogP) is 4.14. The second-order valence-electron chi connectivity index (χ2n) is 12.7. The average Bonchev–Trinajstić information content (AvgIpc) is 3.67. The number of pyridine rings is 2. The number of hydrogen-bond acceptors (Lipinski definition) is 6. The van der Waals surface area contributed by atoms with E-state index < -0.39 is 28.1 Å². The highest BCUT2D eigenvalue weighted by Gasteiger charge is 2.53. The third kappa shape index (κ3) is 4.38. The number of Topliss-reactive ketones (excluding diaryl/α,β-unsaturated/α-hetero) is 1. The molecule has 2 spiro atoms. The lowest BCUT2D eigenvalue weighted by Crippen LogP contribution is -2.52. The van der Waals surface area contributed by atoms with E-state index in [1.54, 1.807) is 12.4 Å². The molecule has 3 aromatic rings. The number of aromatic nitrogens is 2. The first-order chi connectivity index (χ1) is 20.6. The molecule has 1 amide bonds. The quantitative estimate of drug-likeness (QED) is 0.459. The minimum Gasteiger partial charge on any atom is -0.310 e. The van der Waals surface area contributed by atoms with E-state index in [0.717, 1.165) is 48.6 Å². The van der Waals surface area contributed by atoms with Crippen molar-refractivity contribution in [2.75, 3.05) is 32.0 Å². The predicted molar refractivity (Wildman–Crippen MR) is 157 cm³/mol. The van der Waals surface area contributed by atoms with Gasteiger partial charge in [-0.2, -0.15) is 0 Å². The van der Waals surface area contributed by atoms with Gasteiger partial charge in [0.1, 0.15) is 17.5 Å². The number of halogens is 2. The molecule has 7 rings (SSSR count). The maximum atomic E-state index is 14.4. The summed E-state index contributed by atoms with van der Waals surface area (Å²) in [5.74, 6) is 5.83. The van der Waals surface area contributed by atoms with Crippen molar-refractivity contribution in [1.29, 1.82) is 0 Å². The molecule has 2 atom stereocenters. The van der Waals surface area contributed by atoms with Crippen LogP contribution in [0.4, 0.5) is 14.6 Å². The summed E-state index contributed by atoms with van der Waals surface area (Å²) in [4.78, 5) is 39.9. The Balaban J connectivity index is 1.18. The number of benzene rings is 1. The summed E-state index contributed by atoms with van der Waals surface area (Å²) in [6.07, 6.45) is 7.97. The van der Waals surface area contributed by atoms with Crippen LogP contribution in [0.2, 0.25) is 0 Å². The largest absolute Gasteiger partial charge is 0.310 e. The van der Waals surface area contributed by atoms with Gasteiger partial charge in [-0.05, 0) is 68.6 Å². The fourth-order valence-corrected chi connectivity index (χ4v) is 7.83. The van der Waals surface area contributed by atoms with Gasteiger partial charge in [-0.3, -0.25) is 24.4 Å². The fourth-order valence-electron chi connectivity index (χ4n) is 7.83. The van der Waals surface area contributed by atoms with Crippen molar-refractivity contribution in [1.82, 2.24) is 19.8 Å². The zero-order valence-electron chi connectivity index (χ0n) is 24.3. The van der Waals surface area contributed by atoms with Crippen LogP contribution < -0.4 is 5.32 Å². The summed E-state index contributed by atoms with van der Waals surface area (Å²) in [5, 5.41) is 2.92. The van der Waals surface area contributed by atoms with E-state index in [1.807, 2.05) is 37.1 Å². The normalized spacial score (nSPS) is 26.2. The summed E-state index contributed by atoms with van der Waals surface area (Å²) in [7, 11) is 1.95. The number of amides is 1. The molecule has 0 unspecified atom stereocenters. The van der Waals surface area contributed by atoms with Crippen molar-refractivity contribution >= 4 is 17.5 Å². The van der Waals surface area contributed by atoms with Gasteiger partial charge >= 0.3 is 0 Å². The Morgan fingerprint density at radius 1 is 1.05 bits per heavy atom. The lowest BCUT2D eigenvalue weighted by molar-refractivity contribution is -0.129. The van der Waals surface area contributed by atoms with Gasteiger partial charge in [0.05, 0.1) is 29.6 Å². The maximum absolute atomic E-state index is 14.4. The molecular weight excluding hydrogens is 548 g/mol. The number of carbonyl (C=O) groups excluding carboxylic acids is 2. The highest BCUT2D eigenvalue weighted by molar-refractivity contribution is 6.06. The first-order valence-corrected chi connectivity index (χ1v) is 14.8. The van der Waals surface area contributed by atoms with Crippen LogP contribution in [0, 0.1) is 23.5 Å². The molecule has 4 heterocycles. The van der Waals surface area contributed by atoms with E-state index in [2.05, 4.69) is 32.0 Å². The molecule has 43 heavy (non-hydrogen) atoms. The number of fused-ring (bicyclic) bond motifs is 3. The van der Waals surface area contributed by atoms with Gasteiger partial charge in [0, 0.05) is 48.2 Å². The number of hydrogen-bond donors (Lipinski definition) is 1. The standard InChI is InChI=1S/C34H33F2N5O2/c1-32(24-14-25(35)16-26(36)15-24)21-40(2)34(9-3-4-10-34)29(42)20-41(32)12-6-7-22-13-23-17-33(18-28(23)38-19-22)27-8-5-11-37-30(27)39-31(33)43/h5,8,11,13-16,19H,3-4,9-10,12,17-18,20-21H2,1-2H3,(H,37,39,43)/t32-,33-/m0/s1. The van der Waals surface area contributed by atoms with E-state index in [4.69, 9.17) is 0 Å². The minimum atomic E-state index is -0.853. The molecule has 4 aliphatic rings. The number of anilines is 1. The molecule has 2 fully saturated rings. The number of likely N-dealkylation sites (N-methyl/N-ethyl adjacent to an activating group) is 1. The van der Waals surface area contributed by atoms with Crippen molar-refractivity contribution < 1.29 is 18.4 Å². The highest BCUT2D eigenvalue weighted by atomic mass is 19.1. The Kier molecular flexibility index (Phi) is 6.49. The summed E-state index contributed by atoms with van der Waals surface area (Å²) in [5.41, 5.74) is 1.83.